The number of carbonyl (C=O) groups is 1. The van der Waals surface area contributed by atoms with E-state index in [2.05, 4.69) is 20.2 Å². The number of rotatable bonds is 1. The highest BCUT2D eigenvalue weighted by Gasteiger charge is 1.81. The van der Waals surface area contributed by atoms with Gasteiger partial charge in [0.1, 0.15) is 12.5 Å². The minimum atomic E-state index is -0.657. The van der Waals surface area contributed by atoms with Gasteiger partial charge in [-0.25, -0.2) is 9.59 Å². The maximum absolute atomic E-state index is 9.84. The molecule has 1 heterocycles. The summed E-state index contributed by atoms with van der Waals surface area (Å²) in [6.45, 7) is 3.16. The number of hydrogen-bond donors (Lipinski definition) is 0. The fourth-order valence-electron chi connectivity index (χ4n) is 0.278. The third-order valence-corrected chi connectivity index (χ3v) is 0.752. The zero-order valence-corrected chi connectivity index (χ0v) is 6.48. The van der Waals surface area contributed by atoms with Crippen LogP contribution in [-0.4, -0.2) is 13.1 Å². The van der Waals surface area contributed by atoms with Crippen molar-refractivity contribution in [1.29, 1.82) is 0 Å². The topological polar surface area (TPSA) is 69.7 Å². The molecule has 12 heavy (non-hydrogen) atoms. The van der Waals surface area contributed by atoms with Crippen LogP contribution in [-0.2, 0) is 9.53 Å². The zero-order valence-electron chi connectivity index (χ0n) is 6.48. The second-order valence-electron chi connectivity index (χ2n) is 1.49. The summed E-state index contributed by atoms with van der Waals surface area (Å²) in [4.78, 5) is 19.6. The largest absolute Gasteiger partial charge is 0.518 e. The van der Waals surface area contributed by atoms with Gasteiger partial charge in [-0.3, -0.25) is 0 Å². The molecule has 0 aliphatic carbocycles. The first-order valence-electron chi connectivity index (χ1n) is 2.93. The van der Waals surface area contributed by atoms with Crippen molar-refractivity contribution in [2.24, 2.45) is 0 Å². The highest BCUT2D eigenvalue weighted by molar-refractivity contribution is 5.80. The van der Waals surface area contributed by atoms with Crippen LogP contribution in [0.4, 0.5) is 0 Å². The molecule has 0 spiro atoms. The van der Waals surface area contributed by atoms with Gasteiger partial charge in [-0.05, 0) is 0 Å². The van der Waals surface area contributed by atoms with E-state index in [0.717, 1.165) is 6.08 Å². The minimum absolute atomic E-state index is 0.394. The number of carbonyl (C=O) groups excluding carboxylic acids is 1. The summed E-state index contributed by atoms with van der Waals surface area (Å²) in [6.07, 6.45) is 3.48. The van der Waals surface area contributed by atoms with Crippen LogP contribution in [0.15, 0.2) is 38.8 Å². The normalized spacial score (nSPS) is 7.75. The third-order valence-electron chi connectivity index (χ3n) is 0.752. The summed E-state index contributed by atoms with van der Waals surface area (Å²) in [5.74, 6) is -1.05. The highest BCUT2D eigenvalue weighted by Crippen LogP contribution is 1.70. The Hall–Kier alpha value is -1.78. The zero-order chi connectivity index (χ0) is 9.40. The Morgan fingerprint density at radius 2 is 2.08 bits per heavy atom. The molecule has 0 radical (unpaired) electrons. The first-order chi connectivity index (χ1) is 5.70. The van der Waals surface area contributed by atoms with Crippen molar-refractivity contribution in [1.82, 2.24) is 0 Å². The molecule has 5 heteroatoms. The van der Waals surface area contributed by atoms with E-state index in [9.17, 15) is 9.59 Å². The lowest BCUT2D eigenvalue weighted by Crippen LogP contribution is -1.91. The molecular formula is C7H8O5. The molecule has 5 nitrogen and oxygen atoms in total. The summed E-state index contributed by atoms with van der Waals surface area (Å²) < 4.78 is 12.4. The summed E-state index contributed by atoms with van der Waals surface area (Å²) in [7, 11) is 1.31. The van der Waals surface area contributed by atoms with Gasteiger partial charge in [-0.1, -0.05) is 6.58 Å². The van der Waals surface area contributed by atoms with Gasteiger partial charge >= 0.3 is 11.8 Å². The van der Waals surface area contributed by atoms with Crippen molar-refractivity contribution < 1.29 is 18.4 Å². The second-order valence-corrected chi connectivity index (χ2v) is 1.49. The van der Waals surface area contributed by atoms with Crippen LogP contribution in [0, 0.1) is 0 Å². The van der Waals surface area contributed by atoms with Crippen molar-refractivity contribution in [3.05, 3.63) is 35.8 Å². The lowest BCUT2D eigenvalue weighted by molar-refractivity contribution is -0.134. The summed E-state index contributed by atoms with van der Waals surface area (Å²) in [5, 5.41) is 0. The fourth-order valence-corrected chi connectivity index (χ4v) is 0.278. The first-order valence-corrected chi connectivity index (χ1v) is 2.93. The van der Waals surface area contributed by atoms with Crippen molar-refractivity contribution in [3.63, 3.8) is 0 Å². The van der Waals surface area contributed by atoms with Gasteiger partial charge in [-0.2, -0.15) is 0 Å². The third kappa shape index (κ3) is 5.04. The van der Waals surface area contributed by atoms with Crippen molar-refractivity contribution in [2.75, 3.05) is 7.11 Å². The van der Waals surface area contributed by atoms with E-state index in [4.69, 9.17) is 0 Å². The van der Waals surface area contributed by atoms with Gasteiger partial charge in [-0.15, -0.1) is 0 Å². The van der Waals surface area contributed by atoms with Crippen LogP contribution >= 0.6 is 0 Å². The van der Waals surface area contributed by atoms with Crippen molar-refractivity contribution >= 4 is 5.97 Å². The molecule has 0 fully saturated rings. The van der Waals surface area contributed by atoms with Crippen molar-refractivity contribution in [2.45, 2.75) is 0 Å². The summed E-state index contributed by atoms with van der Waals surface area (Å²) >= 11 is 0. The Morgan fingerprint density at radius 1 is 1.58 bits per heavy atom. The average Bonchev–Trinajstić information content (AvgIpc) is 2.55. The first kappa shape index (κ1) is 10.2. The van der Waals surface area contributed by atoms with Crippen LogP contribution in [0.1, 0.15) is 0 Å². The van der Waals surface area contributed by atoms with Crippen LogP contribution in [0.2, 0.25) is 0 Å². The lowest BCUT2D eigenvalue weighted by atomic mass is 10.7. The molecule has 0 aliphatic heterocycles. The molecule has 0 amide bonds. The predicted octanol–water partition coefficient (Wildman–Crippen LogP) is 0.578. The van der Waals surface area contributed by atoms with Crippen molar-refractivity contribution in [3.8, 4) is 0 Å². The highest BCUT2D eigenvalue weighted by atomic mass is 16.5. The molecule has 0 saturated heterocycles. The molecule has 0 saturated carbocycles. The standard InChI is InChI=1S/C4H6O2.C3H2O3/c1-3-4(5)6-2;4-3-5-1-2-6-3/h3H,1H2,2H3;1-2H. The van der Waals surface area contributed by atoms with Gasteiger partial charge in [0.25, 0.3) is 0 Å². The van der Waals surface area contributed by atoms with Gasteiger partial charge in [0.05, 0.1) is 7.11 Å². The molecule has 1 rings (SSSR count). The van der Waals surface area contributed by atoms with Crippen LogP contribution < -0.4 is 5.82 Å². The van der Waals surface area contributed by atoms with Gasteiger partial charge in [0.15, 0.2) is 0 Å². The molecule has 66 valence electrons. The van der Waals surface area contributed by atoms with Gasteiger partial charge in [0.2, 0.25) is 0 Å². The molecule has 0 N–H and O–H groups in total. The van der Waals surface area contributed by atoms with Crippen LogP contribution in [0.3, 0.4) is 0 Å². The fraction of sp³-hybridized carbons (Fsp3) is 0.143. The second kappa shape index (κ2) is 5.96. The quantitative estimate of drug-likeness (QED) is 0.457. The Bertz CT molecular complexity index is 265. The molecular weight excluding hydrogens is 164 g/mol. The minimum Gasteiger partial charge on any atom is -0.466 e. The molecule has 1 aromatic rings. The average molecular weight is 172 g/mol. The Morgan fingerprint density at radius 3 is 2.17 bits per heavy atom. The smallest absolute Gasteiger partial charge is 0.466 e. The van der Waals surface area contributed by atoms with Crippen LogP contribution in [0.5, 0.6) is 0 Å². The maximum atomic E-state index is 9.84. The van der Waals surface area contributed by atoms with E-state index < -0.39 is 11.8 Å². The molecule has 0 bridgehead atoms. The molecule has 1 aromatic heterocycles. The van der Waals surface area contributed by atoms with E-state index in [1.807, 2.05) is 0 Å². The van der Waals surface area contributed by atoms with E-state index in [0.29, 0.717) is 0 Å². The van der Waals surface area contributed by atoms with Crippen LogP contribution in [0.25, 0.3) is 0 Å². The van der Waals surface area contributed by atoms with E-state index in [1.54, 1.807) is 0 Å². The number of esters is 1. The molecule has 0 aromatic carbocycles. The number of hydrogen-bond acceptors (Lipinski definition) is 5. The maximum Gasteiger partial charge on any atom is 0.518 e. The van der Waals surface area contributed by atoms with E-state index in [1.165, 1.54) is 19.6 Å². The summed E-state index contributed by atoms with van der Waals surface area (Å²) in [6, 6.07) is 0. The Labute approximate surface area is 68.2 Å². The monoisotopic (exact) mass is 172 g/mol. The molecule has 0 aliphatic rings. The Kier molecular flexibility index (Phi) is 5.08. The van der Waals surface area contributed by atoms with E-state index >= 15 is 0 Å². The summed E-state index contributed by atoms with van der Waals surface area (Å²) in [5.41, 5.74) is 0. The predicted molar refractivity (Wildman–Crippen MR) is 39.5 cm³/mol. The van der Waals surface area contributed by atoms with E-state index in [-0.39, 0.29) is 0 Å². The Balaban J connectivity index is 0.000000202. The van der Waals surface area contributed by atoms with Gasteiger partial charge < -0.3 is 13.6 Å². The van der Waals surface area contributed by atoms with Gasteiger partial charge in [0, 0.05) is 6.08 Å². The lowest BCUT2D eigenvalue weighted by Gasteiger charge is -1.83. The SMILES string of the molecule is C=CC(=O)OC.O=c1occo1. The number of methoxy groups -OCH3 is 1. The molecule has 0 unspecified atom stereocenters. The molecule has 0 atom stereocenters. The number of ether oxygens (including phenoxy) is 1.